The molecule has 16 atom stereocenters. The second kappa shape index (κ2) is 3.88. The third-order valence-corrected chi connectivity index (χ3v) is 16.6. The average Bonchev–Trinajstić information content (AvgIpc) is 3.65. The summed E-state index contributed by atoms with van der Waals surface area (Å²) in [5.41, 5.74) is -0.0405. The summed E-state index contributed by atoms with van der Waals surface area (Å²) in [7, 11) is 0. The summed E-state index contributed by atoms with van der Waals surface area (Å²) in [6, 6.07) is 0.0713. The highest BCUT2D eigenvalue weighted by atomic mass is 79.9. The Hall–Kier alpha value is 0.0700. The van der Waals surface area contributed by atoms with Crippen molar-refractivity contribution in [2.24, 2.45) is 71.0 Å². The minimum atomic E-state index is -0.417. The molecule has 9 heteroatoms. The molecule has 12 aliphatic carbocycles. The quantitative estimate of drug-likeness (QED) is 0.489. The molecule has 2 amide bonds. The fourth-order valence-corrected chi connectivity index (χ4v) is 17.2. The van der Waals surface area contributed by atoms with Gasteiger partial charge in [0, 0.05) is 23.7 Å². The highest BCUT2D eigenvalue weighted by Gasteiger charge is 3.11. The van der Waals surface area contributed by atoms with Gasteiger partial charge < -0.3 is 29.6 Å². The second-order valence-electron chi connectivity index (χ2n) is 13.0. The molecular formula is C23H22Br2N2O5. The van der Waals surface area contributed by atoms with Gasteiger partial charge in [0.15, 0.2) is 11.6 Å². The van der Waals surface area contributed by atoms with E-state index in [1.54, 1.807) is 0 Å². The van der Waals surface area contributed by atoms with Crippen LogP contribution in [0, 0.1) is 71.0 Å². The van der Waals surface area contributed by atoms with E-state index in [4.69, 9.17) is 18.9 Å². The lowest BCUT2D eigenvalue weighted by atomic mass is 9.96. The number of urea groups is 1. The van der Waals surface area contributed by atoms with E-state index in [2.05, 4.69) is 42.5 Å². The largest absolute Gasteiger partial charge is 0.346 e. The molecule has 2 spiro atoms. The first-order chi connectivity index (χ1) is 15.5. The Morgan fingerprint density at radius 3 is 1.34 bits per heavy atom. The molecule has 0 aromatic heterocycles. The van der Waals surface area contributed by atoms with Gasteiger partial charge in [-0.1, -0.05) is 31.9 Å². The first kappa shape index (κ1) is 16.7. The van der Waals surface area contributed by atoms with Gasteiger partial charge in [-0.25, -0.2) is 4.79 Å². The van der Waals surface area contributed by atoms with Gasteiger partial charge in [-0.05, 0) is 47.3 Å². The van der Waals surface area contributed by atoms with Crippen molar-refractivity contribution < 1.29 is 23.7 Å². The molecule has 14 fully saturated rings. The van der Waals surface area contributed by atoms with Gasteiger partial charge in [0.05, 0.1) is 46.2 Å². The second-order valence-corrected chi connectivity index (χ2v) is 15.7. The summed E-state index contributed by atoms with van der Waals surface area (Å²) in [4.78, 5) is 13.6. The topological polar surface area (TPSA) is 78.1 Å². The van der Waals surface area contributed by atoms with Crippen LogP contribution in [-0.4, -0.2) is 63.8 Å². The predicted molar refractivity (Wildman–Crippen MR) is 112 cm³/mol. The van der Waals surface area contributed by atoms with Crippen molar-refractivity contribution >= 4 is 37.9 Å². The van der Waals surface area contributed by atoms with Crippen LogP contribution in [0.25, 0.3) is 0 Å². The van der Waals surface area contributed by atoms with Crippen LogP contribution in [0.4, 0.5) is 4.79 Å². The number of rotatable bonds is 2. The van der Waals surface area contributed by atoms with Crippen molar-refractivity contribution in [1.29, 1.82) is 0 Å². The third kappa shape index (κ3) is 1.02. The van der Waals surface area contributed by atoms with E-state index in [0.29, 0.717) is 97.4 Å². The smallest absolute Gasteiger partial charge is 0.315 e. The average molecular weight is 566 g/mol. The number of halogens is 2. The fourth-order valence-electron chi connectivity index (χ4n) is 13.7. The number of carbonyl (C=O) groups is 1. The zero-order chi connectivity index (χ0) is 20.6. The van der Waals surface area contributed by atoms with E-state index in [-0.39, 0.29) is 25.8 Å². The molecule has 32 heavy (non-hydrogen) atoms. The summed E-state index contributed by atoms with van der Waals surface area (Å²) in [5.74, 6) is 5.80. The molecule has 2 N–H and O–H groups in total. The molecule has 7 nitrogen and oxygen atoms in total. The van der Waals surface area contributed by atoms with Crippen molar-refractivity contribution in [1.82, 2.24) is 10.6 Å². The Labute approximate surface area is 200 Å². The zero-order valence-electron chi connectivity index (χ0n) is 17.1. The maximum absolute atomic E-state index is 13.6. The molecule has 14 aliphatic rings. The number of hydrogen-bond donors (Lipinski definition) is 2. The van der Waals surface area contributed by atoms with Crippen LogP contribution in [-0.2, 0) is 18.9 Å². The van der Waals surface area contributed by atoms with Crippen LogP contribution < -0.4 is 10.6 Å². The van der Waals surface area contributed by atoms with Crippen LogP contribution in [0.15, 0.2) is 0 Å². The van der Waals surface area contributed by atoms with E-state index >= 15 is 0 Å². The van der Waals surface area contributed by atoms with Gasteiger partial charge in [-0.2, -0.15) is 0 Å². The molecule has 2 aliphatic heterocycles. The van der Waals surface area contributed by atoms with Crippen molar-refractivity contribution in [2.75, 3.05) is 26.4 Å². The van der Waals surface area contributed by atoms with E-state index < -0.39 is 11.6 Å². The highest BCUT2D eigenvalue weighted by molar-refractivity contribution is 9.10. The lowest BCUT2D eigenvalue weighted by Crippen LogP contribution is -2.56. The zero-order valence-corrected chi connectivity index (χ0v) is 20.2. The molecule has 168 valence electrons. The molecule has 12 saturated carbocycles. The van der Waals surface area contributed by atoms with Gasteiger partial charge in [-0.15, -0.1) is 0 Å². The normalized spacial score (nSPS) is 77.8. The van der Waals surface area contributed by atoms with Crippen LogP contribution in [0.5, 0.6) is 0 Å². The van der Waals surface area contributed by atoms with Crippen LogP contribution in [0.3, 0.4) is 0 Å². The van der Waals surface area contributed by atoms with Gasteiger partial charge in [-0.3, -0.25) is 0 Å². The molecule has 2 heterocycles. The van der Waals surface area contributed by atoms with Crippen LogP contribution in [0.2, 0.25) is 0 Å². The van der Waals surface area contributed by atoms with Crippen molar-refractivity contribution in [2.45, 2.75) is 31.3 Å². The van der Waals surface area contributed by atoms with Crippen LogP contribution in [0.1, 0.15) is 0 Å². The minimum absolute atomic E-state index is 0.0203. The first-order valence-corrected chi connectivity index (χ1v) is 14.1. The number of hydrogen-bond acceptors (Lipinski definition) is 5. The number of alkyl halides is 2. The summed E-state index contributed by atoms with van der Waals surface area (Å²) < 4.78 is 24.9. The highest BCUT2D eigenvalue weighted by Crippen LogP contribution is 3.03. The lowest BCUT2D eigenvalue weighted by molar-refractivity contribution is -0.191. The number of carbonyl (C=O) groups excluding carboxylic acids is 1. The molecular weight excluding hydrogens is 544 g/mol. The Morgan fingerprint density at radius 1 is 0.625 bits per heavy atom. The van der Waals surface area contributed by atoms with E-state index in [9.17, 15) is 4.79 Å². The number of ether oxygens (including phenoxy) is 4. The number of nitrogens with one attached hydrogen (secondary N) is 2. The van der Waals surface area contributed by atoms with E-state index in [1.165, 1.54) is 0 Å². The minimum Gasteiger partial charge on any atom is -0.346 e. The molecule has 14 rings (SSSR count). The summed E-state index contributed by atoms with van der Waals surface area (Å²) >= 11 is 8.34. The maximum atomic E-state index is 13.6. The first-order valence-electron chi connectivity index (χ1n) is 12.5. The predicted octanol–water partition coefficient (Wildman–Crippen LogP) is 1.05. The molecule has 0 aromatic rings. The van der Waals surface area contributed by atoms with Crippen LogP contribution >= 0.6 is 31.9 Å². The van der Waals surface area contributed by atoms with Gasteiger partial charge >= 0.3 is 6.03 Å². The summed E-state index contributed by atoms with van der Waals surface area (Å²) in [6.45, 7) is 2.81. The molecule has 4 bridgehead atoms. The molecule has 2 saturated heterocycles. The Kier molecular flexibility index (Phi) is 2.02. The Bertz CT molecular complexity index is 1070. The maximum Gasteiger partial charge on any atom is 0.315 e. The van der Waals surface area contributed by atoms with E-state index in [0.717, 1.165) is 0 Å². The molecule has 0 aromatic carbocycles. The van der Waals surface area contributed by atoms with Crippen molar-refractivity contribution in [3.63, 3.8) is 0 Å². The monoisotopic (exact) mass is 564 g/mol. The Balaban J connectivity index is 0.875. The van der Waals surface area contributed by atoms with E-state index in [1.807, 2.05) is 0 Å². The fraction of sp³-hybridized carbons (Fsp3) is 0.957. The van der Waals surface area contributed by atoms with Gasteiger partial charge in [0.25, 0.3) is 0 Å². The lowest BCUT2D eigenvalue weighted by Gasteiger charge is -2.38. The number of amides is 2. The molecule has 0 unspecified atom stereocenters. The third-order valence-electron chi connectivity index (χ3n) is 13.4. The van der Waals surface area contributed by atoms with Gasteiger partial charge in [0.2, 0.25) is 0 Å². The Morgan fingerprint density at radius 2 is 1.03 bits per heavy atom. The van der Waals surface area contributed by atoms with Gasteiger partial charge in [0.1, 0.15) is 0 Å². The summed E-state index contributed by atoms with van der Waals surface area (Å²) in [5, 5.41) is 7.19. The standard InChI is InChI=1S/C23H22Br2N2O5/c24-20-9-5-7(9)18(13(15(18)20)11(5)22(20)29-1-2-30-22)26-17(28)27-19-8-6-10(8)21(25)16(19)14(19)12(6)23(21)31-3-4-32-23/h5-16H,1-4H2,(H2,26,27,28)/t5-,6-,7+,8+,9-,10-,11-,12-,13+,14+,15-,16+,18+,19+,20-,21-/m0/s1. The van der Waals surface area contributed by atoms with Crippen molar-refractivity contribution in [3.8, 4) is 0 Å². The summed E-state index contributed by atoms with van der Waals surface area (Å²) in [6.07, 6.45) is 0. The SMILES string of the molecule is O=C(N[C@]12[C@@H]3[C@@H]4[C@H]5[C@@H]1[C@H]2[C@@](Br)([C@@H]43)C51OCCO1)N[C@]12[C@@H]3[C@@H]4[C@H]5[C@@H]1[C@@H]2[C@@](Br)([C@@H]43)C51OCCO1. The molecule has 0 radical (unpaired) electrons. The van der Waals surface area contributed by atoms with Crippen molar-refractivity contribution in [3.05, 3.63) is 0 Å².